The van der Waals surface area contributed by atoms with Gasteiger partial charge in [0.15, 0.2) is 0 Å². The molecule has 0 fully saturated rings. The minimum atomic E-state index is -0.0890. The molecule has 1 rings (SSSR count). The van der Waals surface area contributed by atoms with E-state index < -0.39 is 0 Å². The maximum Gasteiger partial charge on any atom is 0.239 e. The quantitative estimate of drug-likeness (QED) is 0.551. The van der Waals surface area contributed by atoms with Gasteiger partial charge in [-0.25, -0.2) is 9.97 Å². The van der Waals surface area contributed by atoms with Crippen LogP contribution in [0, 0.1) is 0 Å². The Bertz CT molecular complexity index is 408. The molecule has 0 unspecified atom stereocenters. The zero-order valence-electron chi connectivity index (χ0n) is 11.4. The molecule has 0 radical (unpaired) electrons. The number of hydrogen-bond donors (Lipinski definition) is 1. The third-order valence-corrected chi connectivity index (χ3v) is 2.19. The molecule has 1 aromatic rings. The van der Waals surface area contributed by atoms with E-state index in [1.54, 1.807) is 30.4 Å². The van der Waals surface area contributed by atoms with Crippen molar-refractivity contribution in [3.63, 3.8) is 0 Å². The standard InChI is InChI=1S/C13H20N4O2/c1-11(2)10-19-8-7-14-12(18)9-17(3)13-15-5-4-6-16-13/h4-6H,1,7-10H2,2-3H3,(H,14,18). The van der Waals surface area contributed by atoms with Gasteiger partial charge in [0.2, 0.25) is 11.9 Å². The molecular formula is C13H20N4O2. The van der Waals surface area contributed by atoms with Crippen molar-refractivity contribution in [2.75, 3.05) is 38.3 Å². The number of amides is 1. The number of anilines is 1. The van der Waals surface area contributed by atoms with Crippen molar-refractivity contribution < 1.29 is 9.53 Å². The number of carbonyl (C=O) groups is 1. The van der Waals surface area contributed by atoms with Crippen molar-refractivity contribution in [3.05, 3.63) is 30.6 Å². The summed E-state index contributed by atoms with van der Waals surface area (Å²) in [6, 6.07) is 1.73. The van der Waals surface area contributed by atoms with Crippen LogP contribution in [0.5, 0.6) is 0 Å². The Balaban J connectivity index is 2.19. The van der Waals surface area contributed by atoms with E-state index in [4.69, 9.17) is 4.74 Å². The Morgan fingerprint density at radius 2 is 2.16 bits per heavy atom. The van der Waals surface area contributed by atoms with Gasteiger partial charge in [0.25, 0.3) is 0 Å². The van der Waals surface area contributed by atoms with Crippen LogP contribution in [0.25, 0.3) is 0 Å². The SMILES string of the molecule is C=C(C)COCCNC(=O)CN(C)c1ncccn1. The molecule has 6 heteroatoms. The summed E-state index contributed by atoms with van der Waals surface area (Å²) in [6.07, 6.45) is 3.28. The fourth-order valence-corrected chi connectivity index (χ4v) is 1.34. The largest absolute Gasteiger partial charge is 0.375 e. The van der Waals surface area contributed by atoms with E-state index in [2.05, 4.69) is 21.9 Å². The summed E-state index contributed by atoms with van der Waals surface area (Å²) in [5, 5.41) is 2.77. The van der Waals surface area contributed by atoms with Crippen LogP contribution in [0.4, 0.5) is 5.95 Å². The first-order valence-electron chi connectivity index (χ1n) is 6.06. The Morgan fingerprint density at radius 3 is 2.79 bits per heavy atom. The number of nitrogens with zero attached hydrogens (tertiary/aromatic N) is 3. The molecule has 0 saturated carbocycles. The van der Waals surface area contributed by atoms with E-state index in [0.29, 0.717) is 25.7 Å². The molecule has 0 saturated heterocycles. The molecule has 1 N–H and O–H groups in total. The molecule has 0 spiro atoms. The Labute approximate surface area is 113 Å². The molecular weight excluding hydrogens is 244 g/mol. The van der Waals surface area contributed by atoms with E-state index >= 15 is 0 Å². The number of hydrogen-bond acceptors (Lipinski definition) is 5. The van der Waals surface area contributed by atoms with E-state index in [0.717, 1.165) is 5.57 Å². The number of ether oxygens (including phenoxy) is 1. The Morgan fingerprint density at radius 1 is 1.47 bits per heavy atom. The van der Waals surface area contributed by atoms with Crippen LogP contribution in [-0.2, 0) is 9.53 Å². The average Bonchev–Trinajstić information content (AvgIpc) is 2.39. The minimum Gasteiger partial charge on any atom is -0.375 e. The molecule has 0 atom stereocenters. The van der Waals surface area contributed by atoms with Crippen molar-refractivity contribution in [1.82, 2.24) is 15.3 Å². The number of likely N-dealkylation sites (N-methyl/N-ethyl adjacent to an activating group) is 1. The van der Waals surface area contributed by atoms with Gasteiger partial charge in [-0.3, -0.25) is 4.79 Å². The van der Waals surface area contributed by atoms with E-state index in [-0.39, 0.29) is 12.5 Å². The second-order valence-electron chi connectivity index (χ2n) is 4.26. The lowest BCUT2D eigenvalue weighted by atomic mass is 10.4. The summed E-state index contributed by atoms with van der Waals surface area (Å²) in [5.41, 5.74) is 0.965. The highest BCUT2D eigenvalue weighted by Crippen LogP contribution is 2.00. The van der Waals surface area contributed by atoms with Gasteiger partial charge in [-0.2, -0.15) is 0 Å². The molecule has 0 aromatic carbocycles. The molecule has 1 heterocycles. The average molecular weight is 264 g/mol. The number of rotatable bonds is 8. The highest BCUT2D eigenvalue weighted by Gasteiger charge is 2.08. The van der Waals surface area contributed by atoms with E-state index in [9.17, 15) is 4.79 Å². The first kappa shape index (κ1) is 15.1. The lowest BCUT2D eigenvalue weighted by Gasteiger charge is -2.16. The van der Waals surface area contributed by atoms with Crippen molar-refractivity contribution in [2.24, 2.45) is 0 Å². The van der Waals surface area contributed by atoms with E-state index in [1.807, 2.05) is 6.92 Å². The molecule has 104 valence electrons. The lowest BCUT2D eigenvalue weighted by Crippen LogP contribution is -2.37. The maximum atomic E-state index is 11.6. The van der Waals surface area contributed by atoms with Crippen LogP contribution in [0.1, 0.15) is 6.92 Å². The second kappa shape index (κ2) is 8.20. The first-order valence-corrected chi connectivity index (χ1v) is 6.06. The molecule has 6 nitrogen and oxygen atoms in total. The fourth-order valence-electron chi connectivity index (χ4n) is 1.34. The lowest BCUT2D eigenvalue weighted by molar-refractivity contribution is -0.119. The molecule has 0 aliphatic heterocycles. The van der Waals surface area contributed by atoms with Crippen LogP contribution in [0.2, 0.25) is 0 Å². The third-order valence-electron chi connectivity index (χ3n) is 2.19. The van der Waals surface area contributed by atoms with Crippen LogP contribution < -0.4 is 10.2 Å². The summed E-state index contributed by atoms with van der Waals surface area (Å²) in [5.74, 6) is 0.435. The number of aromatic nitrogens is 2. The van der Waals surface area contributed by atoms with Crippen LogP contribution in [-0.4, -0.2) is 49.2 Å². The smallest absolute Gasteiger partial charge is 0.239 e. The van der Waals surface area contributed by atoms with E-state index in [1.165, 1.54) is 0 Å². The number of nitrogens with one attached hydrogen (secondary N) is 1. The maximum absolute atomic E-state index is 11.6. The van der Waals surface area contributed by atoms with Crippen molar-refractivity contribution >= 4 is 11.9 Å². The first-order chi connectivity index (χ1) is 9.09. The van der Waals surface area contributed by atoms with Gasteiger partial charge in [0.05, 0.1) is 19.8 Å². The summed E-state index contributed by atoms with van der Waals surface area (Å²) in [6.45, 7) is 7.32. The molecule has 0 bridgehead atoms. The Kier molecular flexibility index (Phi) is 6.52. The normalized spacial score (nSPS) is 10.0. The van der Waals surface area contributed by atoms with Gasteiger partial charge in [-0.05, 0) is 13.0 Å². The Hall–Kier alpha value is -1.95. The van der Waals surface area contributed by atoms with Crippen LogP contribution in [0.15, 0.2) is 30.6 Å². The van der Waals surface area contributed by atoms with Gasteiger partial charge in [-0.1, -0.05) is 12.2 Å². The zero-order valence-corrected chi connectivity index (χ0v) is 11.4. The molecule has 0 aliphatic rings. The van der Waals surface area contributed by atoms with Crippen molar-refractivity contribution in [1.29, 1.82) is 0 Å². The van der Waals surface area contributed by atoms with Crippen LogP contribution in [0.3, 0.4) is 0 Å². The topological polar surface area (TPSA) is 67.3 Å². The van der Waals surface area contributed by atoms with Crippen LogP contribution >= 0.6 is 0 Å². The zero-order chi connectivity index (χ0) is 14.1. The van der Waals surface area contributed by atoms with Gasteiger partial charge in [0.1, 0.15) is 0 Å². The van der Waals surface area contributed by atoms with Gasteiger partial charge >= 0.3 is 0 Å². The summed E-state index contributed by atoms with van der Waals surface area (Å²) >= 11 is 0. The predicted octanol–water partition coefficient (Wildman–Crippen LogP) is 0.622. The summed E-state index contributed by atoms with van der Waals surface area (Å²) in [4.78, 5) is 21.4. The van der Waals surface area contributed by atoms with Gasteiger partial charge in [-0.15, -0.1) is 0 Å². The highest BCUT2D eigenvalue weighted by atomic mass is 16.5. The fraction of sp³-hybridized carbons (Fsp3) is 0.462. The molecule has 0 aliphatic carbocycles. The summed E-state index contributed by atoms with van der Waals surface area (Å²) in [7, 11) is 1.77. The molecule has 1 aromatic heterocycles. The molecule has 19 heavy (non-hydrogen) atoms. The number of carbonyl (C=O) groups excluding carboxylic acids is 1. The third kappa shape index (κ3) is 6.52. The monoisotopic (exact) mass is 264 g/mol. The van der Waals surface area contributed by atoms with Crippen molar-refractivity contribution in [3.8, 4) is 0 Å². The van der Waals surface area contributed by atoms with Gasteiger partial charge < -0.3 is 15.0 Å². The predicted molar refractivity (Wildman–Crippen MR) is 73.9 cm³/mol. The van der Waals surface area contributed by atoms with Gasteiger partial charge in [0, 0.05) is 26.0 Å². The highest BCUT2D eigenvalue weighted by molar-refractivity contribution is 5.80. The van der Waals surface area contributed by atoms with Crippen molar-refractivity contribution in [2.45, 2.75) is 6.92 Å². The minimum absolute atomic E-state index is 0.0890. The molecule has 1 amide bonds. The summed E-state index contributed by atoms with van der Waals surface area (Å²) < 4.78 is 5.28. The second-order valence-corrected chi connectivity index (χ2v) is 4.26.